The fourth-order valence-electron chi connectivity index (χ4n) is 3.72. The van der Waals surface area contributed by atoms with Gasteiger partial charge in [-0.05, 0) is 43.5 Å². The number of ether oxygens (including phenoxy) is 1. The van der Waals surface area contributed by atoms with E-state index >= 15 is 0 Å². The summed E-state index contributed by atoms with van der Waals surface area (Å²) >= 11 is 0. The molecule has 4 rings (SSSR count). The predicted molar refractivity (Wildman–Crippen MR) is 105 cm³/mol. The third-order valence-electron chi connectivity index (χ3n) is 4.92. The quantitative estimate of drug-likeness (QED) is 0.709. The molecule has 27 heavy (non-hydrogen) atoms. The number of aryl methyl sites for hydroxylation is 2. The Kier molecular flexibility index (Phi) is 4.75. The van der Waals surface area contributed by atoms with Gasteiger partial charge >= 0.3 is 0 Å². The van der Waals surface area contributed by atoms with Gasteiger partial charge in [0.05, 0.1) is 6.54 Å². The van der Waals surface area contributed by atoms with Crippen LogP contribution in [0.15, 0.2) is 48.5 Å². The van der Waals surface area contributed by atoms with E-state index in [1.54, 1.807) is 0 Å². The summed E-state index contributed by atoms with van der Waals surface area (Å²) < 4.78 is 6.08. The predicted octanol–water partition coefficient (Wildman–Crippen LogP) is 3.93. The van der Waals surface area contributed by atoms with Gasteiger partial charge in [-0.3, -0.25) is 4.79 Å². The van der Waals surface area contributed by atoms with Crippen LogP contribution in [0.4, 0.5) is 0 Å². The van der Waals surface area contributed by atoms with Gasteiger partial charge in [0.25, 0.3) is 5.91 Å². The number of piperidine rings is 1. The van der Waals surface area contributed by atoms with Gasteiger partial charge in [-0.2, -0.15) is 4.98 Å². The van der Waals surface area contributed by atoms with Crippen LogP contribution in [0.1, 0.15) is 34.7 Å². The Morgan fingerprint density at radius 2 is 1.93 bits per heavy atom. The molecule has 1 aliphatic heterocycles. The van der Waals surface area contributed by atoms with Crippen molar-refractivity contribution in [3.63, 3.8) is 0 Å². The summed E-state index contributed by atoms with van der Waals surface area (Å²) in [5.74, 6) is 1.35. The first kappa shape index (κ1) is 17.5. The van der Waals surface area contributed by atoms with E-state index in [9.17, 15) is 4.79 Å². The van der Waals surface area contributed by atoms with Crippen LogP contribution in [0.2, 0.25) is 0 Å². The van der Waals surface area contributed by atoms with Crippen molar-refractivity contribution in [2.24, 2.45) is 0 Å². The molecular weight excluding hydrogens is 338 g/mol. The van der Waals surface area contributed by atoms with E-state index in [4.69, 9.17) is 4.74 Å². The van der Waals surface area contributed by atoms with Crippen LogP contribution in [0, 0.1) is 13.8 Å². The van der Waals surface area contributed by atoms with Crippen LogP contribution in [-0.4, -0.2) is 40.0 Å². The standard InChI is InChI=1S/C22H23N3O2/c1-15-13-21(24-16(2)23-15)27-18-9-6-12-25(14-18)22(26)20-11-5-8-17-7-3-4-10-19(17)20/h3-5,7-8,10-11,13,18H,6,9,12,14H2,1-2H3. The highest BCUT2D eigenvalue weighted by molar-refractivity contribution is 6.07. The zero-order valence-corrected chi connectivity index (χ0v) is 15.7. The number of carbonyl (C=O) groups excluding carboxylic acids is 1. The maximum absolute atomic E-state index is 13.2. The molecule has 1 aromatic heterocycles. The average Bonchev–Trinajstić information content (AvgIpc) is 2.66. The summed E-state index contributed by atoms with van der Waals surface area (Å²) in [5.41, 5.74) is 1.64. The summed E-state index contributed by atoms with van der Waals surface area (Å²) in [7, 11) is 0. The van der Waals surface area contributed by atoms with Crippen molar-refractivity contribution in [1.29, 1.82) is 0 Å². The molecule has 5 heteroatoms. The van der Waals surface area contributed by atoms with Gasteiger partial charge in [0, 0.05) is 23.9 Å². The van der Waals surface area contributed by atoms with Crippen molar-refractivity contribution in [2.45, 2.75) is 32.8 Å². The Morgan fingerprint density at radius 3 is 2.78 bits per heavy atom. The first-order valence-corrected chi connectivity index (χ1v) is 9.36. The normalized spacial score (nSPS) is 17.1. The van der Waals surface area contributed by atoms with E-state index in [1.165, 1.54) is 0 Å². The lowest BCUT2D eigenvalue weighted by Gasteiger charge is -2.33. The topological polar surface area (TPSA) is 55.3 Å². The first-order valence-electron chi connectivity index (χ1n) is 9.36. The fraction of sp³-hybridized carbons (Fsp3) is 0.318. The van der Waals surface area contributed by atoms with E-state index < -0.39 is 0 Å². The first-order chi connectivity index (χ1) is 13.1. The van der Waals surface area contributed by atoms with Crippen LogP contribution in [0.5, 0.6) is 5.88 Å². The molecule has 0 bridgehead atoms. The van der Waals surface area contributed by atoms with E-state index in [2.05, 4.69) is 9.97 Å². The van der Waals surface area contributed by atoms with Gasteiger partial charge in [-0.1, -0.05) is 36.4 Å². The zero-order valence-electron chi connectivity index (χ0n) is 15.7. The Morgan fingerprint density at radius 1 is 1.11 bits per heavy atom. The lowest BCUT2D eigenvalue weighted by Crippen LogP contribution is -2.44. The fourth-order valence-corrected chi connectivity index (χ4v) is 3.72. The number of fused-ring (bicyclic) bond motifs is 1. The summed E-state index contributed by atoms with van der Waals surface area (Å²) in [6.45, 7) is 5.11. The molecule has 3 aromatic rings. The highest BCUT2D eigenvalue weighted by Crippen LogP contribution is 2.23. The van der Waals surface area contributed by atoms with Crippen LogP contribution in [0.3, 0.4) is 0 Å². The van der Waals surface area contributed by atoms with Gasteiger partial charge in [0.1, 0.15) is 11.9 Å². The summed E-state index contributed by atoms with van der Waals surface area (Å²) in [4.78, 5) is 23.7. The summed E-state index contributed by atoms with van der Waals surface area (Å²) in [5, 5.41) is 2.08. The molecule has 1 unspecified atom stereocenters. The minimum absolute atomic E-state index is 0.0497. The van der Waals surface area contributed by atoms with Crippen molar-refractivity contribution >= 4 is 16.7 Å². The number of carbonyl (C=O) groups is 1. The van der Waals surface area contributed by atoms with Gasteiger partial charge < -0.3 is 9.64 Å². The molecule has 138 valence electrons. The Balaban J connectivity index is 1.53. The molecule has 0 N–H and O–H groups in total. The van der Waals surface area contributed by atoms with Gasteiger partial charge in [-0.25, -0.2) is 4.98 Å². The Bertz CT molecular complexity index is 961. The second-order valence-electron chi connectivity index (χ2n) is 7.05. The number of likely N-dealkylation sites (tertiary alicyclic amines) is 1. The second-order valence-corrected chi connectivity index (χ2v) is 7.05. The lowest BCUT2D eigenvalue weighted by atomic mass is 10.0. The highest BCUT2D eigenvalue weighted by Gasteiger charge is 2.27. The van der Waals surface area contributed by atoms with Crippen LogP contribution in [-0.2, 0) is 0 Å². The highest BCUT2D eigenvalue weighted by atomic mass is 16.5. The smallest absolute Gasteiger partial charge is 0.254 e. The van der Waals surface area contributed by atoms with E-state index in [0.717, 1.165) is 41.4 Å². The van der Waals surface area contributed by atoms with E-state index in [1.807, 2.05) is 67.3 Å². The van der Waals surface area contributed by atoms with E-state index in [0.29, 0.717) is 18.2 Å². The van der Waals surface area contributed by atoms with Crippen molar-refractivity contribution in [2.75, 3.05) is 13.1 Å². The van der Waals surface area contributed by atoms with Crippen molar-refractivity contribution < 1.29 is 9.53 Å². The monoisotopic (exact) mass is 361 g/mol. The molecule has 1 aliphatic rings. The Hall–Kier alpha value is -2.95. The maximum atomic E-state index is 13.2. The molecule has 1 amide bonds. The number of hydrogen-bond donors (Lipinski definition) is 0. The van der Waals surface area contributed by atoms with Crippen LogP contribution >= 0.6 is 0 Å². The van der Waals surface area contributed by atoms with Gasteiger partial charge in [0.2, 0.25) is 5.88 Å². The average molecular weight is 361 g/mol. The molecule has 0 aliphatic carbocycles. The molecule has 1 saturated heterocycles. The summed E-state index contributed by atoms with van der Waals surface area (Å²) in [6.07, 6.45) is 1.79. The number of benzene rings is 2. The maximum Gasteiger partial charge on any atom is 0.254 e. The number of rotatable bonds is 3. The van der Waals surface area contributed by atoms with Crippen LogP contribution < -0.4 is 4.74 Å². The zero-order chi connectivity index (χ0) is 18.8. The van der Waals surface area contributed by atoms with Crippen LogP contribution in [0.25, 0.3) is 10.8 Å². The van der Waals surface area contributed by atoms with Crippen molar-refractivity contribution in [1.82, 2.24) is 14.9 Å². The molecule has 2 heterocycles. The van der Waals surface area contributed by atoms with Crippen molar-refractivity contribution in [3.8, 4) is 5.88 Å². The SMILES string of the molecule is Cc1cc(OC2CCCN(C(=O)c3cccc4ccccc34)C2)nc(C)n1. The van der Waals surface area contributed by atoms with Gasteiger partial charge in [0.15, 0.2) is 0 Å². The molecular formula is C22H23N3O2. The molecule has 5 nitrogen and oxygen atoms in total. The molecule has 1 fully saturated rings. The molecule has 0 radical (unpaired) electrons. The number of amides is 1. The minimum Gasteiger partial charge on any atom is -0.472 e. The third-order valence-corrected chi connectivity index (χ3v) is 4.92. The lowest BCUT2D eigenvalue weighted by molar-refractivity contribution is 0.0528. The third kappa shape index (κ3) is 3.77. The molecule has 2 aromatic carbocycles. The van der Waals surface area contributed by atoms with E-state index in [-0.39, 0.29) is 12.0 Å². The second kappa shape index (κ2) is 7.35. The molecule has 0 spiro atoms. The minimum atomic E-state index is -0.0497. The largest absolute Gasteiger partial charge is 0.472 e. The number of aromatic nitrogens is 2. The van der Waals surface area contributed by atoms with Crippen molar-refractivity contribution in [3.05, 3.63) is 65.6 Å². The van der Waals surface area contributed by atoms with Gasteiger partial charge in [-0.15, -0.1) is 0 Å². The summed E-state index contributed by atoms with van der Waals surface area (Å²) in [6, 6.07) is 15.7. The number of nitrogens with zero attached hydrogens (tertiary/aromatic N) is 3. The Labute approximate surface area is 159 Å². The molecule has 1 atom stereocenters. The number of hydrogen-bond acceptors (Lipinski definition) is 4. The molecule has 0 saturated carbocycles.